The molecule has 0 aromatic rings. The summed E-state index contributed by atoms with van der Waals surface area (Å²) < 4.78 is 0. The molecule has 10 nitrogen and oxygen atoms in total. The molecule has 0 aliphatic carbocycles. The van der Waals surface area contributed by atoms with Crippen LogP contribution < -0.4 is 27.0 Å². The molecule has 1 aliphatic rings. The van der Waals surface area contributed by atoms with Crippen LogP contribution in [0, 0.1) is 0 Å². The van der Waals surface area contributed by atoms with E-state index in [1.165, 1.54) is 0 Å². The maximum atomic E-state index is 11.7. The molecule has 1 fully saturated rings. The molecule has 0 aromatic heterocycles. The number of carboxylic acids is 1. The lowest BCUT2D eigenvalue weighted by atomic mass is 10.1. The van der Waals surface area contributed by atoms with Gasteiger partial charge in [0, 0.05) is 0 Å². The minimum absolute atomic E-state index is 0.233. The van der Waals surface area contributed by atoms with Crippen molar-refractivity contribution in [2.45, 2.75) is 44.2 Å². The molecule has 3 amide bonds. The van der Waals surface area contributed by atoms with E-state index in [0.29, 0.717) is 19.4 Å². The van der Waals surface area contributed by atoms with Gasteiger partial charge in [-0.3, -0.25) is 14.4 Å². The highest BCUT2D eigenvalue weighted by molar-refractivity contribution is 5.90. The van der Waals surface area contributed by atoms with E-state index in [-0.39, 0.29) is 31.5 Å². The fraction of sp³-hybridized carbons (Fsp3) is 0.733. The van der Waals surface area contributed by atoms with Gasteiger partial charge in [0.2, 0.25) is 17.7 Å². The predicted molar refractivity (Wildman–Crippen MR) is 89.5 cm³/mol. The second-order valence-electron chi connectivity index (χ2n) is 5.89. The lowest BCUT2D eigenvalue weighted by molar-refractivity contribution is -0.142. The highest BCUT2D eigenvalue weighted by Crippen LogP contribution is 2.04. The van der Waals surface area contributed by atoms with Crippen LogP contribution in [0.3, 0.4) is 0 Å². The van der Waals surface area contributed by atoms with E-state index in [1.807, 2.05) is 0 Å². The molecule has 142 valence electrons. The molecule has 2 atom stereocenters. The maximum Gasteiger partial charge on any atom is 0.326 e. The summed E-state index contributed by atoms with van der Waals surface area (Å²) in [6.07, 6.45) is 3.18. The van der Waals surface area contributed by atoms with Gasteiger partial charge in [-0.2, -0.15) is 0 Å². The van der Waals surface area contributed by atoms with Gasteiger partial charge in [0.15, 0.2) is 0 Å². The number of nitrogens with one attached hydrogen (secondary N) is 4. The van der Waals surface area contributed by atoms with Gasteiger partial charge in [-0.25, -0.2) is 4.79 Å². The quantitative estimate of drug-likeness (QED) is 0.226. The highest BCUT2D eigenvalue weighted by Gasteiger charge is 2.22. The Kier molecular flexibility index (Phi) is 9.48. The van der Waals surface area contributed by atoms with Gasteiger partial charge >= 0.3 is 5.97 Å². The van der Waals surface area contributed by atoms with E-state index >= 15 is 0 Å². The molecule has 1 rings (SSSR count). The summed E-state index contributed by atoms with van der Waals surface area (Å²) in [5, 5.41) is 19.3. The molecule has 1 aliphatic heterocycles. The fourth-order valence-corrected chi connectivity index (χ4v) is 2.44. The number of amides is 3. The first-order chi connectivity index (χ1) is 11.9. The average molecular weight is 357 g/mol. The summed E-state index contributed by atoms with van der Waals surface area (Å²) in [7, 11) is 0. The third-order valence-corrected chi connectivity index (χ3v) is 3.83. The van der Waals surface area contributed by atoms with Crippen LogP contribution >= 0.6 is 0 Å². The van der Waals surface area contributed by atoms with Crippen molar-refractivity contribution >= 4 is 23.7 Å². The molecular formula is C15H27N5O5. The smallest absolute Gasteiger partial charge is 0.326 e. The lowest BCUT2D eigenvalue weighted by Gasteiger charge is -2.15. The summed E-state index contributed by atoms with van der Waals surface area (Å²) in [6, 6.07) is -1.29. The van der Waals surface area contributed by atoms with Crippen molar-refractivity contribution < 1.29 is 24.3 Å². The normalized spacial score (nSPS) is 17.6. The Bertz CT molecular complexity index is 479. The summed E-state index contributed by atoms with van der Waals surface area (Å²) in [4.78, 5) is 46.2. The van der Waals surface area contributed by atoms with Crippen LogP contribution in [0.1, 0.15) is 32.1 Å². The third-order valence-electron chi connectivity index (χ3n) is 3.83. The van der Waals surface area contributed by atoms with Crippen LogP contribution in [-0.2, 0) is 19.2 Å². The summed E-state index contributed by atoms with van der Waals surface area (Å²) >= 11 is 0. The van der Waals surface area contributed by atoms with Crippen LogP contribution in [0.25, 0.3) is 0 Å². The number of hydrogen-bond donors (Lipinski definition) is 6. The van der Waals surface area contributed by atoms with Gasteiger partial charge in [0.25, 0.3) is 0 Å². The number of rotatable bonds is 11. The predicted octanol–water partition coefficient (Wildman–Crippen LogP) is -2.33. The van der Waals surface area contributed by atoms with E-state index < -0.39 is 23.8 Å². The van der Waals surface area contributed by atoms with E-state index in [2.05, 4.69) is 21.3 Å². The Morgan fingerprint density at radius 2 is 1.84 bits per heavy atom. The molecule has 0 radical (unpaired) electrons. The first-order valence-corrected chi connectivity index (χ1v) is 8.44. The summed E-state index contributed by atoms with van der Waals surface area (Å²) in [5.74, 6) is -2.50. The molecule has 7 N–H and O–H groups in total. The van der Waals surface area contributed by atoms with E-state index in [1.54, 1.807) is 0 Å². The fourth-order valence-electron chi connectivity index (χ4n) is 2.44. The molecule has 0 spiro atoms. The third kappa shape index (κ3) is 8.45. The number of hydrogen-bond acceptors (Lipinski definition) is 6. The topological polar surface area (TPSA) is 163 Å². The van der Waals surface area contributed by atoms with Gasteiger partial charge in [-0.15, -0.1) is 0 Å². The van der Waals surface area contributed by atoms with Crippen LogP contribution in [0.4, 0.5) is 0 Å². The summed E-state index contributed by atoms with van der Waals surface area (Å²) in [6.45, 7) is 0.652. The number of unbranched alkanes of at least 4 members (excludes halogenated alkanes) is 1. The van der Waals surface area contributed by atoms with Gasteiger partial charge in [0.05, 0.1) is 19.1 Å². The Morgan fingerprint density at radius 3 is 2.44 bits per heavy atom. The van der Waals surface area contributed by atoms with Crippen LogP contribution in [0.15, 0.2) is 0 Å². The Morgan fingerprint density at radius 1 is 1.12 bits per heavy atom. The van der Waals surface area contributed by atoms with Gasteiger partial charge in [0.1, 0.15) is 6.04 Å². The van der Waals surface area contributed by atoms with Crippen molar-refractivity contribution in [3.8, 4) is 0 Å². The van der Waals surface area contributed by atoms with E-state index in [9.17, 15) is 19.2 Å². The minimum atomic E-state index is -1.13. The molecule has 1 saturated heterocycles. The molecule has 0 bridgehead atoms. The van der Waals surface area contributed by atoms with Gasteiger partial charge < -0.3 is 32.1 Å². The van der Waals surface area contributed by atoms with Crippen molar-refractivity contribution in [2.75, 3.05) is 26.2 Å². The molecule has 25 heavy (non-hydrogen) atoms. The van der Waals surface area contributed by atoms with Crippen LogP contribution in [-0.4, -0.2) is 67.1 Å². The second kappa shape index (κ2) is 11.4. The maximum absolute atomic E-state index is 11.7. The van der Waals surface area contributed by atoms with Crippen molar-refractivity contribution in [1.82, 2.24) is 21.3 Å². The number of nitrogens with two attached hydrogens (primary N) is 1. The SMILES string of the molecule is NCCCC[C@H](NC(=O)CNC(=O)CNC(=O)[C@@H]1CCCN1)C(=O)O. The van der Waals surface area contributed by atoms with Crippen molar-refractivity contribution in [2.24, 2.45) is 5.73 Å². The standard InChI is InChI=1S/C15H27N5O5/c16-6-2-1-4-11(15(24)25)20-13(22)9-18-12(21)8-19-14(23)10-5-3-7-17-10/h10-11,17H,1-9,16H2,(H,18,21)(H,19,23)(H,20,22)(H,24,25)/t10-,11-/m0/s1. The van der Waals surface area contributed by atoms with Gasteiger partial charge in [-0.1, -0.05) is 0 Å². The van der Waals surface area contributed by atoms with Crippen molar-refractivity contribution in [3.05, 3.63) is 0 Å². The second-order valence-corrected chi connectivity index (χ2v) is 5.89. The van der Waals surface area contributed by atoms with E-state index in [0.717, 1.165) is 19.4 Å². The van der Waals surface area contributed by atoms with Crippen molar-refractivity contribution in [1.29, 1.82) is 0 Å². The lowest BCUT2D eigenvalue weighted by Crippen LogP contribution is -2.48. The zero-order valence-corrected chi connectivity index (χ0v) is 14.2. The zero-order chi connectivity index (χ0) is 18.7. The number of carbonyl (C=O) groups excluding carboxylic acids is 3. The molecule has 0 unspecified atom stereocenters. The average Bonchev–Trinajstić information content (AvgIpc) is 3.11. The van der Waals surface area contributed by atoms with Gasteiger partial charge in [-0.05, 0) is 45.2 Å². The first kappa shape index (κ1) is 20.8. The number of carboxylic acid groups (broad SMARTS) is 1. The molecular weight excluding hydrogens is 330 g/mol. The minimum Gasteiger partial charge on any atom is -0.480 e. The van der Waals surface area contributed by atoms with E-state index in [4.69, 9.17) is 10.8 Å². The number of aliphatic carboxylic acids is 1. The zero-order valence-electron chi connectivity index (χ0n) is 14.2. The monoisotopic (exact) mass is 357 g/mol. The van der Waals surface area contributed by atoms with Crippen molar-refractivity contribution in [3.63, 3.8) is 0 Å². The molecule has 10 heteroatoms. The number of carbonyl (C=O) groups is 4. The Balaban J connectivity index is 2.23. The molecule has 1 heterocycles. The molecule has 0 saturated carbocycles. The first-order valence-electron chi connectivity index (χ1n) is 8.44. The van der Waals surface area contributed by atoms with Crippen LogP contribution in [0.2, 0.25) is 0 Å². The summed E-state index contributed by atoms with van der Waals surface area (Å²) in [5.41, 5.74) is 5.35. The Hall–Kier alpha value is -2.20. The highest BCUT2D eigenvalue weighted by atomic mass is 16.4. The Labute approximate surface area is 146 Å². The molecule has 0 aromatic carbocycles. The van der Waals surface area contributed by atoms with Crippen LogP contribution in [0.5, 0.6) is 0 Å². The largest absolute Gasteiger partial charge is 0.480 e.